The van der Waals surface area contributed by atoms with Crippen molar-refractivity contribution in [3.05, 3.63) is 29.8 Å². The van der Waals surface area contributed by atoms with E-state index in [4.69, 9.17) is 9.47 Å². The van der Waals surface area contributed by atoms with E-state index in [0.29, 0.717) is 32.0 Å². The molecule has 0 unspecified atom stereocenters. The second-order valence-electron chi connectivity index (χ2n) is 6.89. The van der Waals surface area contributed by atoms with Gasteiger partial charge in [-0.05, 0) is 26.1 Å². The predicted octanol–water partition coefficient (Wildman–Crippen LogP) is 0.0314. The molecule has 2 aliphatic rings. The lowest BCUT2D eigenvalue weighted by Gasteiger charge is -2.54. The van der Waals surface area contributed by atoms with Crippen molar-refractivity contribution < 1.29 is 19.1 Å². The molecule has 1 N–H and O–H groups in total. The number of hydrogen-bond acceptors (Lipinski definition) is 5. The Labute approximate surface area is 147 Å². The molecule has 1 aromatic carbocycles. The van der Waals surface area contributed by atoms with E-state index in [1.165, 1.54) is 0 Å². The van der Waals surface area contributed by atoms with Crippen molar-refractivity contribution in [3.8, 4) is 5.75 Å². The smallest absolute Gasteiger partial charge is 0.260 e. The van der Waals surface area contributed by atoms with Gasteiger partial charge >= 0.3 is 0 Å². The number of nitrogens with zero attached hydrogens (tertiary/aromatic N) is 2. The molecule has 1 spiro atoms. The fourth-order valence-corrected chi connectivity index (χ4v) is 3.32. The first kappa shape index (κ1) is 17.7. The Morgan fingerprint density at radius 2 is 1.96 bits per heavy atom. The van der Waals surface area contributed by atoms with Crippen molar-refractivity contribution in [2.75, 3.05) is 46.9 Å². The number of aryl methyl sites for hydroxylation is 1. The third-order valence-corrected chi connectivity index (χ3v) is 4.86. The van der Waals surface area contributed by atoms with Crippen LogP contribution in [0.3, 0.4) is 0 Å². The number of nitrogens with one attached hydrogen (secondary N) is 1. The number of rotatable bonds is 4. The van der Waals surface area contributed by atoms with E-state index in [0.717, 1.165) is 5.56 Å². The standard InChI is InChI=1S/C18H25N3O4/c1-13-4-6-14(7-5-13)24-9-16(22)21-11-18(12-21)10-20(3)15(8-25-18)17(23)19-2/h4-7,15H,8-12H2,1-3H3,(H,19,23)/t15-/m0/s1. The molecule has 3 rings (SSSR count). The number of likely N-dealkylation sites (tertiary alicyclic amines) is 1. The average molecular weight is 347 g/mol. The summed E-state index contributed by atoms with van der Waals surface area (Å²) in [4.78, 5) is 27.8. The van der Waals surface area contributed by atoms with Crippen LogP contribution in [0.25, 0.3) is 0 Å². The molecule has 0 aromatic heterocycles. The van der Waals surface area contributed by atoms with Crippen molar-refractivity contribution in [1.82, 2.24) is 15.1 Å². The van der Waals surface area contributed by atoms with Crippen molar-refractivity contribution in [3.63, 3.8) is 0 Å². The predicted molar refractivity (Wildman–Crippen MR) is 92.4 cm³/mol. The van der Waals surface area contributed by atoms with Crippen LogP contribution in [0.5, 0.6) is 5.75 Å². The molecule has 7 heteroatoms. The van der Waals surface area contributed by atoms with Crippen LogP contribution in [0.4, 0.5) is 0 Å². The third kappa shape index (κ3) is 3.77. The number of benzene rings is 1. The highest BCUT2D eigenvalue weighted by atomic mass is 16.5. The topological polar surface area (TPSA) is 71.1 Å². The van der Waals surface area contributed by atoms with E-state index >= 15 is 0 Å². The zero-order valence-corrected chi connectivity index (χ0v) is 14.9. The fourth-order valence-electron chi connectivity index (χ4n) is 3.32. The number of ether oxygens (including phenoxy) is 2. The molecule has 2 heterocycles. The summed E-state index contributed by atoms with van der Waals surface area (Å²) in [6.45, 7) is 4.08. The van der Waals surface area contributed by atoms with Gasteiger partial charge in [0.25, 0.3) is 5.91 Å². The maximum atomic E-state index is 12.3. The lowest BCUT2D eigenvalue weighted by molar-refractivity contribution is -0.201. The summed E-state index contributed by atoms with van der Waals surface area (Å²) in [7, 11) is 3.54. The van der Waals surface area contributed by atoms with Gasteiger partial charge in [0.05, 0.1) is 19.7 Å². The highest BCUT2D eigenvalue weighted by molar-refractivity contribution is 5.82. The van der Waals surface area contributed by atoms with Crippen LogP contribution in [0.15, 0.2) is 24.3 Å². The van der Waals surface area contributed by atoms with Crippen LogP contribution < -0.4 is 10.1 Å². The molecule has 0 bridgehead atoms. The number of morpholine rings is 1. The van der Waals surface area contributed by atoms with Gasteiger partial charge in [0.2, 0.25) is 5.91 Å². The van der Waals surface area contributed by atoms with Crippen molar-refractivity contribution in [2.45, 2.75) is 18.6 Å². The van der Waals surface area contributed by atoms with E-state index in [1.54, 1.807) is 11.9 Å². The first-order valence-corrected chi connectivity index (χ1v) is 8.45. The quantitative estimate of drug-likeness (QED) is 0.832. The zero-order chi connectivity index (χ0) is 18.0. The summed E-state index contributed by atoms with van der Waals surface area (Å²) < 4.78 is 11.5. The minimum atomic E-state index is -0.362. The van der Waals surface area contributed by atoms with Crippen LogP contribution in [0.1, 0.15) is 5.56 Å². The lowest BCUT2D eigenvalue weighted by Crippen LogP contribution is -2.73. The van der Waals surface area contributed by atoms with Gasteiger partial charge in [-0.15, -0.1) is 0 Å². The molecule has 2 fully saturated rings. The Morgan fingerprint density at radius 1 is 1.28 bits per heavy atom. The molecular weight excluding hydrogens is 322 g/mol. The first-order chi connectivity index (χ1) is 11.9. The molecule has 0 aliphatic carbocycles. The highest BCUT2D eigenvalue weighted by Gasteiger charge is 2.51. The van der Waals surface area contributed by atoms with Crippen LogP contribution in [0, 0.1) is 6.92 Å². The van der Waals surface area contributed by atoms with E-state index in [9.17, 15) is 9.59 Å². The van der Waals surface area contributed by atoms with Crippen molar-refractivity contribution in [1.29, 1.82) is 0 Å². The number of carbonyl (C=O) groups excluding carboxylic acids is 2. The Balaban J connectivity index is 1.46. The van der Waals surface area contributed by atoms with E-state index in [2.05, 4.69) is 5.32 Å². The second-order valence-corrected chi connectivity index (χ2v) is 6.89. The van der Waals surface area contributed by atoms with Gasteiger partial charge in [-0.1, -0.05) is 17.7 Å². The molecule has 1 aromatic rings. The monoisotopic (exact) mass is 347 g/mol. The van der Waals surface area contributed by atoms with Gasteiger partial charge in [-0.25, -0.2) is 0 Å². The molecule has 0 radical (unpaired) electrons. The van der Waals surface area contributed by atoms with Gasteiger partial charge in [0, 0.05) is 13.6 Å². The van der Waals surface area contributed by atoms with Gasteiger partial charge in [-0.2, -0.15) is 0 Å². The SMILES string of the molecule is CNC(=O)[C@@H]1COC2(CN(C(=O)COc3ccc(C)cc3)C2)CN1C. The molecular formula is C18H25N3O4. The summed E-state index contributed by atoms with van der Waals surface area (Å²) in [6.07, 6.45) is 0. The summed E-state index contributed by atoms with van der Waals surface area (Å²) in [5.41, 5.74) is 0.788. The molecule has 2 aliphatic heterocycles. The molecule has 7 nitrogen and oxygen atoms in total. The van der Waals surface area contributed by atoms with Crippen LogP contribution in [0.2, 0.25) is 0 Å². The lowest BCUT2D eigenvalue weighted by atomic mass is 9.90. The average Bonchev–Trinajstić information content (AvgIpc) is 2.58. The largest absolute Gasteiger partial charge is 0.484 e. The molecule has 136 valence electrons. The number of hydrogen-bond donors (Lipinski definition) is 1. The minimum absolute atomic E-state index is 0.0237. The fraction of sp³-hybridized carbons (Fsp3) is 0.556. The Hall–Kier alpha value is -2.12. The second kappa shape index (κ2) is 7.01. The highest BCUT2D eigenvalue weighted by Crippen LogP contribution is 2.30. The van der Waals surface area contributed by atoms with Crippen LogP contribution in [-0.2, 0) is 14.3 Å². The van der Waals surface area contributed by atoms with Crippen LogP contribution in [-0.4, -0.2) is 80.2 Å². The summed E-state index contributed by atoms with van der Waals surface area (Å²) in [6, 6.07) is 7.35. The van der Waals surface area contributed by atoms with E-state index < -0.39 is 0 Å². The van der Waals surface area contributed by atoms with Crippen molar-refractivity contribution in [2.24, 2.45) is 0 Å². The summed E-state index contributed by atoms with van der Waals surface area (Å²) in [5, 5.41) is 2.65. The zero-order valence-electron chi connectivity index (χ0n) is 14.9. The van der Waals surface area contributed by atoms with Crippen LogP contribution >= 0.6 is 0 Å². The number of amides is 2. The van der Waals surface area contributed by atoms with E-state index in [1.807, 2.05) is 43.1 Å². The molecule has 1 atom stereocenters. The normalized spacial score (nSPS) is 22.4. The van der Waals surface area contributed by atoms with Gasteiger partial charge in [0.15, 0.2) is 6.61 Å². The van der Waals surface area contributed by atoms with Gasteiger partial charge in [0.1, 0.15) is 17.4 Å². The molecule has 2 amide bonds. The summed E-state index contributed by atoms with van der Waals surface area (Å²) in [5.74, 6) is 0.596. The summed E-state index contributed by atoms with van der Waals surface area (Å²) >= 11 is 0. The maximum absolute atomic E-state index is 12.3. The molecule has 0 saturated carbocycles. The number of carbonyl (C=O) groups is 2. The molecule has 25 heavy (non-hydrogen) atoms. The first-order valence-electron chi connectivity index (χ1n) is 8.45. The maximum Gasteiger partial charge on any atom is 0.260 e. The van der Waals surface area contributed by atoms with Gasteiger partial charge < -0.3 is 19.7 Å². The van der Waals surface area contributed by atoms with Gasteiger partial charge in [-0.3, -0.25) is 14.5 Å². The Kier molecular flexibility index (Phi) is 4.96. The number of likely N-dealkylation sites (N-methyl/N-ethyl adjacent to an activating group) is 2. The minimum Gasteiger partial charge on any atom is -0.484 e. The van der Waals surface area contributed by atoms with Crippen molar-refractivity contribution >= 4 is 11.8 Å². The Morgan fingerprint density at radius 3 is 2.56 bits per heavy atom. The third-order valence-electron chi connectivity index (χ3n) is 4.86. The molecule has 2 saturated heterocycles. The van der Waals surface area contributed by atoms with E-state index in [-0.39, 0.29) is 30.1 Å². The Bertz CT molecular complexity index is 640.